The monoisotopic (exact) mass is 250 g/mol. The molecule has 0 bridgehead atoms. The van der Waals surface area contributed by atoms with Crippen LogP contribution in [0.1, 0.15) is 26.3 Å². The van der Waals surface area contributed by atoms with E-state index in [0.29, 0.717) is 16.2 Å². The van der Waals surface area contributed by atoms with E-state index in [1.165, 1.54) is 0 Å². The minimum absolute atomic E-state index is 0.161. The molecule has 0 radical (unpaired) electrons. The van der Waals surface area contributed by atoms with Crippen LogP contribution in [0.3, 0.4) is 0 Å². The fourth-order valence-electron chi connectivity index (χ4n) is 1.68. The van der Waals surface area contributed by atoms with E-state index in [0.717, 1.165) is 6.42 Å². The molecule has 1 unspecified atom stereocenters. The molecule has 1 atom stereocenters. The van der Waals surface area contributed by atoms with E-state index < -0.39 is 0 Å². The topological polar surface area (TPSA) is 66.5 Å². The maximum atomic E-state index is 11.7. The molecule has 0 spiro atoms. The highest BCUT2D eigenvalue weighted by molar-refractivity contribution is 7.71. The summed E-state index contributed by atoms with van der Waals surface area (Å²) in [7, 11) is 0. The lowest BCUT2D eigenvalue weighted by molar-refractivity contribution is 0.528. The van der Waals surface area contributed by atoms with E-state index in [1.807, 2.05) is 11.5 Å². The number of nitrogens with zero attached hydrogens (tertiary/aromatic N) is 2. The van der Waals surface area contributed by atoms with Crippen molar-refractivity contribution in [2.75, 3.05) is 0 Å². The average molecular weight is 250 g/mol. The summed E-state index contributed by atoms with van der Waals surface area (Å²) < 4.78 is 2.41. The summed E-state index contributed by atoms with van der Waals surface area (Å²) in [6.45, 7) is 4.12. The van der Waals surface area contributed by atoms with Crippen LogP contribution in [0.15, 0.2) is 23.1 Å². The summed E-state index contributed by atoms with van der Waals surface area (Å²) in [4.78, 5) is 14.4. The maximum Gasteiger partial charge on any atom is 0.259 e. The molecule has 0 aliphatic rings. The van der Waals surface area contributed by atoms with Gasteiger partial charge in [0, 0.05) is 12.2 Å². The van der Waals surface area contributed by atoms with Crippen molar-refractivity contribution in [2.45, 2.75) is 26.3 Å². The van der Waals surface area contributed by atoms with Crippen molar-refractivity contribution >= 4 is 12.2 Å². The molecule has 0 aromatic carbocycles. The van der Waals surface area contributed by atoms with E-state index in [4.69, 9.17) is 12.2 Å². The highest BCUT2D eigenvalue weighted by Crippen LogP contribution is 2.19. The summed E-state index contributed by atoms with van der Waals surface area (Å²) in [6.07, 6.45) is 2.52. The van der Waals surface area contributed by atoms with Crippen LogP contribution in [-0.2, 0) is 0 Å². The number of nitrogens with one attached hydrogen (secondary N) is 2. The maximum absolute atomic E-state index is 11.7. The number of aromatic amines is 2. The van der Waals surface area contributed by atoms with Crippen LogP contribution in [0.4, 0.5) is 0 Å². The quantitative estimate of drug-likeness (QED) is 0.821. The number of hydrogen-bond acceptors (Lipinski definition) is 3. The summed E-state index contributed by atoms with van der Waals surface area (Å²) in [5.74, 6) is 0.589. The lowest BCUT2D eigenvalue weighted by Gasteiger charge is -2.12. The lowest BCUT2D eigenvalue weighted by atomic mass is 10.2. The van der Waals surface area contributed by atoms with Gasteiger partial charge in [-0.2, -0.15) is 5.10 Å². The van der Waals surface area contributed by atoms with Crippen molar-refractivity contribution in [2.24, 2.45) is 0 Å². The molecule has 2 aromatic heterocycles. The van der Waals surface area contributed by atoms with Crippen molar-refractivity contribution in [1.82, 2.24) is 19.7 Å². The number of aromatic nitrogens is 4. The van der Waals surface area contributed by atoms with Gasteiger partial charge in [0.25, 0.3) is 5.56 Å². The van der Waals surface area contributed by atoms with Gasteiger partial charge >= 0.3 is 0 Å². The molecular weight excluding hydrogens is 236 g/mol. The molecule has 17 heavy (non-hydrogen) atoms. The van der Waals surface area contributed by atoms with Crippen molar-refractivity contribution in [1.29, 1.82) is 0 Å². The zero-order valence-corrected chi connectivity index (χ0v) is 10.5. The largest absolute Gasteiger partial charge is 0.328 e. The summed E-state index contributed by atoms with van der Waals surface area (Å²) in [5.41, 5.74) is 0.367. The average Bonchev–Trinajstić information content (AvgIpc) is 2.71. The van der Waals surface area contributed by atoms with Crippen LogP contribution >= 0.6 is 12.2 Å². The fraction of sp³-hybridized carbons (Fsp3) is 0.364. The van der Waals surface area contributed by atoms with Gasteiger partial charge < -0.3 is 4.98 Å². The third kappa shape index (κ3) is 2.08. The third-order valence-corrected chi connectivity index (χ3v) is 3.08. The second-order valence-electron chi connectivity index (χ2n) is 3.89. The van der Waals surface area contributed by atoms with Crippen LogP contribution in [0.25, 0.3) is 11.4 Å². The van der Waals surface area contributed by atoms with Crippen LogP contribution in [0, 0.1) is 4.77 Å². The Balaban J connectivity index is 2.66. The Morgan fingerprint density at radius 3 is 3.00 bits per heavy atom. The first-order chi connectivity index (χ1) is 8.15. The first-order valence-electron chi connectivity index (χ1n) is 5.50. The van der Waals surface area contributed by atoms with Gasteiger partial charge in [0.1, 0.15) is 0 Å². The second-order valence-corrected chi connectivity index (χ2v) is 4.28. The van der Waals surface area contributed by atoms with E-state index in [9.17, 15) is 4.79 Å². The molecular formula is C11H14N4OS. The molecule has 6 heteroatoms. The summed E-state index contributed by atoms with van der Waals surface area (Å²) in [6, 6.07) is 3.72. The number of H-pyrrole nitrogens is 2. The summed E-state index contributed by atoms with van der Waals surface area (Å²) in [5, 5.41) is 6.88. The van der Waals surface area contributed by atoms with Crippen molar-refractivity contribution in [3.05, 3.63) is 33.5 Å². The van der Waals surface area contributed by atoms with Gasteiger partial charge in [-0.05, 0) is 37.7 Å². The number of hydrogen-bond donors (Lipinski definition) is 2. The van der Waals surface area contributed by atoms with Crippen LogP contribution in [0.2, 0.25) is 0 Å². The Labute approximate surface area is 104 Å². The first kappa shape index (κ1) is 11.8. The van der Waals surface area contributed by atoms with Crippen LogP contribution < -0.4 is 5.56 Å². The Bertz CT molecular complexity index is 625. The Hall–Kier alpha value is -1.69. The van der Waals surface area contributed by atoms with Gasteiger partial charge in [0.15, 0.2) is 10.6 Å². The Morgan fingerprint density at radius 2 is 2.35 bits per heavy atom. The van der Waals surface area contributed by atoms with Gasteiger partial charge in [0.2, 0.25) is 0 Å². The Kier molecular flexibility index (Phi) is 3.23. The molecule has 2 aromatic rings. The van der Waals surface area contributed by atoms with Gasteiger partial charge in [-0.1, -0.05) is 6.92 Å². The van der Waals surface area contributed by atoms with Gasteiger partial charge in [-0.3, -0.25) is 14.5 Å². The van der Waals surface area contributed by atoms with Gasteiger partial charge in [-0.25, -0.2) is 0 Å². The standard InChI is InChI=1S/C11H14N4OS/c1-3-7(2)15-9(13-14-11(15)17)8-5-4-6-12-10(8)16/h4-7H,3H2,1-2H3,(H,12,16)(H,14,17). The molecule has 0 fully saturated rings. The predicted octanol–water partition coefficient (Wildman–Crippen LogP) is 2.27. The lowest BCUT2D eigenvalue weighted by Crippen LogP contribution is -2.13. The van der Waals surface area contributed by atoms with E-state index in [-0.39, 0.29) is 11.6 Å². The minimum Gasteiger partial charge on any atom is -0.328 e. The molecule has 0 saturated heterocycles. The molecule has 2 heterocycles. The van der Waals surface area contributed by atoms with Crippen molar-refractivity contribution in [3.8, 4) is 11.4 Å². The molecule has 90 valence electrons. The summed E-state index contributed by atoms with van der Waals surface area (Å²) >= 11 is 5.19. The predicted molar refractivity (Wildman–Crippen MR) is 68.5 cm³/mol. The first-order valence-corrected chi connectivity index (χ1v) is 5.91. The normalized spacial score (nSPS) is 12.6. The number of pyridine rings is 1. The van der Waals surface area contributed by atoms with Gasteiger partial charge in [0.05, 0.1) is 5.56 Å². The van der Waals surface area contributed by atoms with Crippen molar-refractivity contribution < 1.29 is 0 Å². The van der Waals surface area contributed by atoms with Crippen LogP contribution in [0.5, 0.6) is 0 Å². The highest BCUT2D eigenvalue weighted by atomic mass is 32.1. The van der Waals surface area contributed by atoms with E-state index in [1.54, 1.807) is 18.3 Å². The fourth-order valence-corrected chi connectivity index (χ4v) is 2.00. The van der Waals surface area contributed by atoms with Gasteiger partial charge in [-0.15, -0.1) is 0 Å². The second kappa shape index (κ2) is 4.67. The molecule has 2 rings (SSSR count). The SMILES string of the molecule is CCC(C)n1c(-c2ccc[nH]c2=O)n[nH]c1=S. The van der Waals surface area contributed by atoms with E-state index >= 15 is 0 Å². The van der Waals surface area contributed by atoms with Crippen LogP contribution in [-0.4, -0.2) is 19.7 Å². The molecule has 2 N–H and O–H groups in total. The third-order valence-electron chi connectivity index (χ3n) is 2.80. The number of rotatable bonds is 3. The molecule has 0 amide bonds. The molecule has 0 saturated carbocycles. The highest BCUT2D eigenvalue weighted by Gasteiger charge is 2.15. The minimum atomic E-state index is -0.161. The Morgan fingerprint density at radius 1 is 1.59 bits per heavy atom. The van der Waals surface area contributed by atoms with E-state index in [2.05, 4.69) is 22.1 Å². The molecule has 0 aliphatic carbocycles. The smallest absolute Gasteiger partial charge is 0.259 e. The zero-order chi connectivity index (χ0) is 12.4. The molecule has 0 aliphatic heterocycles. The zero-order valence-electron chi connectivity index (χ0n) is 9.73. The molecule has 5 nitrogen and oxygen atoms in total. The van der Waals surface area contributed by atoms with Crippen molar-refractivity contribution in [3.63, 3.8) is 0 Å².